The Balaban J connectivity index is 1.96. The highest BCUT2D eigenvalue weighted by atomic mass is 79.9. The molecule has 68 valence electrons. The molecule has 1 nitrogen and oxygen atoms in total. The van der Waals surface area contributed by atoms with Crippen LogP contribution in [0.25, 0.3) is 0 Å². The molecule has 2 unspecified atom stereocenters. The summed E-state index contributed by atoms with van der Waals surface area (Å²) in [5.41, 5.74) is 1.82. The molecule has 1 N–H and O–H groups in total. The Labute approximate surface area is 86.7 Å². The van der Waals surface area contributed by atoms with Crippen molar-refractivity contribution in [1.82, 2.24) is 5.32 Å². The van der Waals surface area contributed by atoms with Gasteiger partial charge in [-0.05, 0) is 37.0 Å². The van der Waals surface area contributed by atoms with E-state index in [2.05, 4.69) is 45.5 Å². The normalized spacial score (nSPS) is 35.9. The van der Waals surface area contributed by atoms with Gasteiger partial charge in [-0.25, -0.2) is 0 Å². The van der Waals surface area contributed by atoms with Crippen LogP contribution in [-0.4, -0.2) is 6.04 Å². The first-order valence-electron chi connectivity index (χ1n) is 4.82. The van der Waals surface area contributed by atoms with Gasteiger partial charge < -0.3 is 5.32 Å². The predicted molar refractivity (Wildman–Crippen MR) is 56.6 cm³/mol. The van der Waals surface area contributed by atoms with E-state index < -0.39 is 0 Å². The lowest BCUT2D eigenvalue weighted by atomic mass is 9.83. The molecule has 1 saturated carbocycles. The van der Waals surface area contributed by atoms with Gasteiger partial charge in [0.2, 0.25) is 0 Å². The van der Waals surface area contributed by atoms with Crippen LogP contribution in [0.4, 0.5) is 0 Å². The van der Waals surface area contributed by atoms with Crippen molar-refractivity contribution in [3.63, 3.8) is 0 Å². The van der Waals surface area contributed by atoms with E-state index in [1.807, 2.05) is 0 Å². The molecule has 1 aromatic carbocycles. The van der Waals surface area contributed by atoms with Crippen LogP contribution in [0.15, 0.2) is 28.7 Å². The van der Waals surface area contributed by atoms with E-state index in [4.69, 9.17) is 0 Å². The third-order valence-corrected chi connectivity index (χ3v) is 3.92. The van der Waals surface area contributed by atoms with Crippen molar-refractivity contribution >= 4 is 15.9 Å². The molecule has 13 heavy (non-hydrogen) atoms. The molecule has 2 heterocycles. The average Bonchev–Trinajstić information content (AvgIpc) is 2.63. The monoisotopic (exact) mass is 237 g/mol. The number of hydrogen-bond acceptors (Lipinski definition) is 1. The van der Waals surface area contributed by atoms with E-state index in [0.29, 0.717) is 5.54 Å². The highest BCUT2D eigenvalue weighted by Crippen LogP contribution is 2.47. The summed E-state index contributed by atoms with van der Waals surface area (Å²) in [5.74, 6) is 0. The lowest BCUT2D eigenvalue weighted by molar-refractivity contribution is 0.225. The highest BCUT2D eigenvalue weighted by Gasteiger charge is 2.50. The maximum atomic E-state index is 3.65. The van der Waals surface area contributed by atoms with E-state index in [-0.39, 0.29) is 0 Å². The zero-order valence-electron chi connectivity index (χ0n) is 7.39. The molecule has 1 aliphatic carbocycles. The smallest absolute Gasteiger partial charge is 0.0452 e. The number of nitrogens with one attached hydrogen (secondary N) is 1. The number of halogens is 1. The zero-order chi connectivity index (χ0) is 8.89. The van der Waals surface area contributed by atoms with E-state index >= 15 is 0 Å². The van der Waals surface area contributed by atoms with E-state index in [0.717, 1.165) is 6.04 Å². The van der Waals surface area contributed by atoms with Crippen LogP contribution in [0, 0.1) is 0 Å². The molecule has 4 rings (SSSR count). The summed E-state index contributed by atoms with van der Waals surface area (Å²) in [7, 11) is 0. The fourth-order valence-electron chi connectivity index (χ4n) is 2.67. The van der Waals surface area contributed by atoms with Crippen molar-refractivity contribution in [1.29, 1.82) is 0 Å². The van der Waals surface area contributed by atoms with Crippen molar-refractivity contribution in [2.75, 3.05) is 0 Å². The number of rotatable bonds is 1. The van der Waals surface area contributed by atoms with E-state index in [9.17, 15) is 0 Å². The first-order chi connectivity index (χ1) is 6.28. The molecular weight excluding hydrogens is 226 g/mol. The second kappa shape index (κ2) is 2.58. The molecule has 0 radical (unpaired) electrons. The lowest BCUT2D eigenvalue weighted by Crippen LogP contribution is -2.53. The SMILES string of the molecule is Brc1ccc(C23CCC(C2)N3)cc1. The number of hydrogen-bond donors (Lipinski definition) is 1. The van der Waals surface area contributed by atoms with Crippen LogP contribution >= 0.6 is 15.9 Å². The Morgan fingerprint density at radius 1 is 1.31 bits per heavy atom. The van der Waals surface area contributed by atoms with E-state index in [1.165, 1.54) is 29.3 Å². The van der Waals surface area contributed by atoms with Crippen LogP contribution in [0.2, 0.25) is 0 Å². The lowest BCUT2D eigenvalue weighted by Gasteiger charge is -2.40. The van der Waals surface area contributed by atoms with Crippen molar-refractivity contribution in [3.8, 4) is 0 Å². The topological polar surface area (TPSA) is 12.0 Å². The Hall–Kier alpha value is -0.340. The first kappa shape index (κ1) is 8.01. The summed E-state index contributed by atoms with van der Waals surface area (Å²) >= 11 is 3.46. The van der Waals surface area contributed by atoms with Gasteiger partial charge in [0.05, 0.1) is 0 Å². The first-order valence-corrected chi connectivity index (χ1v) is 5.62. The van der Waals surface area contributed by atoms with Crippen LogP contribution in [0.3, 0.4) is 0 Å². The quantitative estimate of drug-likeness (QED) is 0.793. The Kier molecular flexibility index (Phi) is 1.59. The zero-order valence-corrected chi connectivity index (χ0v) is 8.97. The molecule has 2 bridgehead atoms. The maximum Gasteiger partial charge on any atom is 0.0452 e. The molecule has 2 heteroatoms. The fourth-order valence-corrected chi connectivity index (χ4v) is 2.94. The minimum Gasteiger partial charge on any atom is -0.304 e. The van der Waals surface area contributed by atoms with Gasteiger partial charge in [0.15, 0.2) is 0 Å². The van der Waals surface area contributed by atoms with Crippen molar-refractivity contribution in [2.45, 2.75) is 30.8 Å². The number of benzene rings is 1. The Morgan fingerprint density at radius 2 is 2.00 bits per heavy atom. The van der Waals surface area contributed by atoms with Crippen molar-refractivity contribution < 1.29 is 0 Å². The van der Waals surface area contributed by atoms with Gasteiger partial charge in [0.25, 0.3) is 0 Å². The van der Waals surface area contributed by atoms with Crippen LogP contribution in [-0.2, 0) is 5.54 Å². The summed E-state index contributed by atoms with van der Waals surface area (Å²) in [4.78, 5) is 0. The third-order valence-electron chi connectivity index (χ3n) is 3.39. The summed E-state index contributed by atoms with van der Waals surface area (Å²) in [5, 5.41) is 3.65. The van der Waals surface area contributed by atoms with Gasteiger partial charge in [0.1, 0.15) is 0 Å². The molecule has 0 aromatic heterocycles. The molecule has 0 spiro atoms. The molecular formula is C11H12BrN. The Morgan fingerprint density at radius 3 is 2.54 bits per heavy atom. The summed E-state index contributed by atoms with van der Waals surface area (Å²) in [6.07, 6.45) is 4.02. The maximum absolute atomic E-state index is 3.65. The third kappa shape index (κ3) is 1.09. The van der Waals surface area contributed by atoms with Crippen molar-refractivity contribution in [3.05, 3.63) is 34.3 Å². The molecule has 2 saturated heterocycles. The van der Waals surface area contributed by atoms with Gasteiger partial charge >= 0.3 is 0 Å². The van der Waals surface area contributed by atoms with Gasteiger partial charge in [-0.15, -0.1) is 0 Å². The standard InChI is InChI=1S/C11H12BrN/c12-9-3-1-8(2-4-9)11-6-5-10(7-11)13-11/h1-4,10,13H,5-7H2. The average molecular weight is 238 g/mol. The summed E-state index contributed by atoms with van der Waals surface area (Å²) < 4.78 is 1.17. The Bertz CT molecular complexity index is 319. The molecule has 0 amide bonds. The summed E-state index contributed by atoms with van der Waals surface area (Å²) in [6.45, 7) is 0. The fraction of sp³-hybridized carbons (Fsp3) is 0.455. The van der Waals surface area contributed by atoms with Gasteiger partial charge in [0, 0.05) is 16.1 Å². The molecule has 3 aliphatic rings. The molecule has 2 atom stereocenters. The number of fused-ring (bicyclic) bond motifs is 1. The minimum atomic E-state index is 0.353. The van der Waals surface area contributed by atoms with Gasteiger partial charge in [-0.1, -0.05) is 28.1 Å². The largest absolute Gasteiger partial charge is 0.304 e. The van der Waals surface area contributed by atoms with Gasteiger partial charge in [-0.3, -0.25) is 0 Å². The highest BCUT2D eigenvalue weighted by molar-refractivity contribution is 9.10. The van der Waals surface area contributed by atoms with E-state index in [1.54, 1.807) is 0 Å². The predicted octanol–water partition coefficient (Wildman–Crippen LogP) is 2.80. The van der Waals surface area contributed by atoms with Gasteiger partial charge in [-0.2, -0.15) is 0 Å². The van der Waals surface area contributed by atoms with Crippen LogP contribution in [0.5, 0.6) is 0 Å². The van der Waals surface area contributed by atoms with Crippen molar-refractivity contribution in [2.24, 2.45) is 0 Å². The molecule has 2 aliphatic heterocycles. The molecule has 3 fully saturated rings. The van der Waals surface area contributed by atoms with Crippen LogP contribution in [0.1, 0.15) is 24.8 Å². The summed E-state index contributed by atoms with van der Waals surface area (Å²) in [6, 6.07) is 9.55. The van der Waals surface area contributed by atoms with Crippen LogP contribution < -0.4 is 5.32 Å². The minimum absolute atomic E-state index is 0.353. The molecule has 1 aromatic rings. The second-order valence-electron chi connectivity index (χ2n) is 4.17. The second-order valence-corrected chi connectivity index (χ2v) is 5.09.